The molecule has 0 spiro atoms. The summed E-state index contributed by atoms with van der Waals surface area (Å²) in [7, 11) is 0. The normalized spacial score (nSPS) is 11.9. The highest BCUT2D eigenvalue weighted by Crippen LogP contribution is 2.14. The summed E-state index contributed by atoms with van der Waals surface area (Å²) in [6.07, 6.45) is 0. The number of aliphatic carboxylic acids is 1. The molecule has 1 rings (SSSR count). The third kappa shape index (κ3) is 3.54. The van der Waals surface area contributed by atoms with Crippen LogP contribution in [0.15, 0.2) is 11.4 Å². The van der Waals surface area contributed by atoms with Gasteiger partial charge in [-0.3, -0.25) is 4.79 Å². The smallest absolute Gasteiger partial charge is 0.325 e. The van der Waals surface area contributed by atoms with Crippen molar-refractivity contribution >= 4 is 23.3 Å². The molecule has 0 saturated heterocycles. The van der Waals surface area contributed by atoms with Gasteiger partial charge in [0.2, 0.25) is 0 Å². The first-order valence-electron chi connectivity index (χ1n) is 4.81. The number of nitrogens with one attached hydrogen (secondary N) is 2. The van der Waals surface area contributed by atoms with Crippen molar-refractivity contribution < 1.29 is 14.7 Å². The van der Waals surface area contributed by atoms with Crippen LogP contribution in [-0.2, 0) is 11.3 Å². The number of carbonyl (C=O) groups excluding carboxylic acids is 1. The molecule has 0 aliphatic rings. The lowest BCUT2D eigenvalue weighted by molar-refractivity contribution is -0.138. The zero-order valence-electron chi connectivity index (χ0n) is 9.11. The van der Waals surface area contributed by atoms with Crippen LogP contribution in [0.4, 0.5) is 4.79 Å². The minimum Gasteiger partial charge on any atom is -0.480 e. The molecular formula is C10H14N2O3S. The maximum atomic E-state index is 11.3. The zero-order chi connectivity index (χ0) is 12.1. The number of carboxylic acid groups (broad SMARTS) is 1. The molecule has 1 aromatic rings. The fourth-order valence-electron chi connectivity index (χ4n) is 1.06. The molecule has 0 fully saturated rings. The Balaban J connectivity index is 2.36. The SMILES string of the molecule is Cc1ccsc1CNC(=O)N[C@@H](C)C(=O)O. The number of aryl methyl sites for hydroxylation is 1. The Morgan fingerprint density at radius 3 is 2.75 bits per heavy atom. The minimum absolute atomic E-state index is 0.418. The maximum Gasteiger partial charge on any atom is 0.325 e. The molecule has 1 heterocycles. The number of amides is 2. The molecule has 2 amide bonds. The average molecular weight is 242 g/mol. The number of carboxylic acids is 1. The molecular weight excluding hydrogens is 228 g/mol. The molecule has 5 nitrogen and oxygen atoms in total. The van der Waals surface area contributed by atoms with Crippen molar-refractivity contribution in [2.75, 3.05) is 0 Å². The van der Waals surface area contributed by atoms with E-state index in [2.05, 4.69) is 10.6 Å². The Morgan fingerprint density at radius 2 is 2.25 bits per heavy atom. The van der Waals surface area contributed by atoms with Gasteiger partial charge in [0.05, 0.1) is 6.54 Å². The standard InChI is InChI=1S/C10H14N2O3S/c1-6-3-4-16-8(6)5-11-10(15)12-7(2)9(13)14/h3-4,7H,5H2,1-2H3,(H,13,14)(H2,11,12,15)/t7-/m0/s1. The Labute approximate surface area is 97.5 Å². The minimum atomic E-state index is -1.05. The van der Waals surface area contributed by atoms with Gasteiger partial charge in [-0.1, -0.05) is 0 Å². The van der Waals surface area contributed by atoms with Crippen LogP contribution in [0.1, 0.15) is 17.4 Å². The number of hydrogen-bond acceptors (Lipinski definition) is 3. The van der Waals surface area contributed by atoms with Gasteiger partial charge in [0.1, 0.15) is 6.04 Å². The van der Waals surface area contributed by atoms with Crippen molar-refractivity contribution in [3.05, 3.63) is 21.9 Å². The topological polar surface area (TPSA) is 78.4 Å². The van der Waals surface area contributed by atoms with Crippen LogP contribution in [-0.4, -0.2) is 23.1 Å². The largest absolute Gasteiger partial charge is 0.480 e. The van der Waals surface area contributed by atoms with Crippen molar-refractivity contribution in [3.63, 3.8) is 0 Å². The lowest BCUT2D eigenvalue weighted by atomic mass is 10.3. The molecule has 1 atom stereocenters. The van der Waals surface area contributed by atoms with Gasteiger partial charge >= 0.3 is 12.0 Å². The predicted octanol–water partition coefficient (Wildman–Crippen LogP) is 1.33. The summed E-state index contributed by atoms with van der Waals surface area (Å²) < 4.78 is 0. The predicted molar refractivity (Wildman–Crippen MR) is 61.5 cm³/mol. The van der Waals surface area contributed by atoms with E-state index in [9.17, 15) is 9.59 Å². The van der Waals surface area contributed by atoms with Crippen molar-refractivity contribution in [3.8, 4) is 0 Å². The van der Waals surface area contributed by atoms with E-state index in [0.29, 0.717) is 6.54 Å². The Kier molecular flexibility index (Phi) is 4.30. The van der Waals surface area contributed by atoms with Crippen LogP contribution in [0.25, 0.3) is 0 Å². The Morgan fingerprint density at radius 1 is 1.56 bits per heavy atom. The summed E-state index contributed by atoms with van der Waals surface area (Å²) in [5.74, 6) is -1.05. The summed E-state index contributed by atoms with van der Waals surface area (Å²) >= 11 is 1.56. The molecule has 0 unspecified atom stereocenters. The molecule has 0 aromatic carbocycles. The molecule has 0 aliphatic carbocycles. The molecule has 3 N–H and O–H groups in total. The quantitative estimate of drug-likeness (QED) is 0.745. The van der Waals surface area contributed by atoms with Gasteiger partial charge in [0.25, 0.3) is 0 Å². The number of urea groups is 1. The van der Waals surface area contributed by atoms with E-state index in [1.54, 1.807) is 11.3 Å². The molecule has 88 valence electrons. The van der Waals surface area contributed by atoms with Crippen molar-refractivity contribution in [1.29, 1.82) is 0 Å². The Hall–Kier alpha value is -1.56. The van der Waals surface area contributed by atoms with E-state index in [1.165, 1.54) is 6.92 Å². The van der Waals surface area contributed by atoms with Crippen molar-refractivity contribution in [2.45, 2.75) is 26.4 Å². The summed E-state index contributed by atoms with van der Waals surface area (Å²) in [4.78, 5) is 22.8. The van der Waals surface area contributed by atoms with Crippen LogP contribution >= 0.6 is 11.3 Å². The highest BCUT2D eigenvalue weighted by Gasteiger charge is 2.13. The van der Waals surface area contributed by atoms with Gasteiger partial charge < -0.3 is 15.7 Å². The second-order valence-electron chi connectivity index (χ2n) is 3.41. The molecule has 0 radical (unpaired) electrons. The molecule has 1 aromatic heterocycles. The first-order chi connectivity index (χ1) is 7.50. The summed E-state index contributed by atoms with van der Waals surface area (Å²) in [5, 5.41) is 15.5. The van der Waals surface area contributed by atoms with Crippen LogP contribution in [0.2, 0.25) is 0 Å². The Bertz CT molecular complexity index is 389. The van der Waals surface area contributed by atoms with Gasteiger partial charge in [-0.25, -0.2) is 4.79 Å². The number of carbonyl (C=O) groups is 2. The highest BCUT2D eigenvalue weighted by atomic mass is 32.1. The lowest BCUT2D eigenvalue weighted by Gasteiger charge is -2.10. The van der Waals surface area contributed by atoms with Crippen LogP contribution in [0.3, 0.4) is 0 Å². The summed E-state index contributed by atoms with van der Waals surface area (Å²) in [5.41, 5.74) is 1.12. The molecule has 0 aliphatic heterocycles. The second kappa shape index (κ2) is 5.50. The number of hydrogen-bond donors (Lipinski definition) is 3. The molecule has 0 saturated carbocycles. The monoisotopic (exact) mass is 242 g/mol. The van der Waals surface area contributed by atoms with Gasteiger partial charge in [-0.2, -0.15) is 0 Å². The maximum absolute atomic E-state index is 11.3. The number of thiophene rings is 1. The van der Waals surface area contributed by atoms with Crippen LogP contribution in [0, 0.1) is 6.92 Å². The van der Waals surface area contributed by atoms with Crippen molar-refractivity contribution in [2.24, 2.45) is 0 Å². The lowest BCUT2D eigenvalue weighted by Crippen LogP contribution is -2.44. The highest BCUT2D eigenvalue weighted by molar-refractivity contribution is 7.10. The van der Waals surface area contributed by atoms with E-state index in [0.717, 1.165) is 10.4 Å². The molecule has 6 heteroatoms. The first kappa shape index (κ1) is 12.5. The van der Waals surface area contributed by atoms with Gasteiger partial charge in [-0.15, -0.1) is 11.3 Å². The molecule has 16 heavy (non-hydrogen) atoms. The fraction of sp³-hybridized carbons (Fsp3) is 0.400. The zero-order valence-corrected chi connectivity index (χ0v) is 9.93. The van der Waals surface area contributed by atoms with Gasteiger partial charge in [-0.05, 0) is 30.9 Å². The molecule has 0 bridgehead atoms. The number of rotatable bonds is 4. The summed E-state index contributed by atoms with van der Waals surface area (Å²) in [6, 6.07) is 0.617. The third-order valence-corrected chi connectivity index (χ3v) is 3.12. The van der Waals surface area contributed by atoms with Gasteiger partial charge in [0, 0.05) is 4.88 Å². The summed E-state index contributed by atoms with van der Waals surface area (Å²) in [6.45, 7) is 3.80. The van der Waals surface area contributed by atoms with E-state index < -0.39 is 18.0 Å². The second-order valence-corrected chi connectivity index (χ2v) is 4.41. The van der Waals surface area contributed by atoms with E-state index in [1.807, 2.05) is 18.4 Å². The van der Waals surface area contributed by atoms with Crippen LogP contribution < -0.4 is 10.6 Å². The fourth-order valence-corrected chi connectivity index (χ4v) is 1.90. The van der Waals surface area contributed by atoms with E-state index in [4.69, 9.17) is 5.11 Å². The van der Waals surface area contributed by atoms with E-state index >= 15 is 0 Å². The van der Waals surface area contributed by atoms with Gasteiger partial charge in [0.15, 0.2) is 0 Å². The van der Waals surface area contributed by atoms with Crippen molar-refractivity contribution in [1.82, 2.24) is 10.6 Å². The first-order valence-corrected chi connectivity index (χ1v) is 5.69. The third-order valence-electron chi connectivity index (χ3n) is 2.10. The van der Waals surface area contributed by atoms with E-state index in [-0.39, 0.29) is 0 Å². The van der Waals surface area contributed by atoms with Crippen LogP contribution in [0.5, 0.6) is 0 Å². The average Bonchev–Trinajstić information content (AvgIpc) is 2.61.